The first-order valence-corrected chi connectivity index (χ1v) is 11.8. The first kappa shape index (κ1) is 23.8. The second kappa shape index (κ2) is 10.7. The highest BCUT2D eigenvalue weighted by Crippen LogP contribution is 2.33. The van der Waals surface area contributed by atoms with Gasteiger partial charge < -0.3 is 29.2 Å². The molecule has 0 atom stereocenters. The number of imidazole rings is 1. The van der Waals surface area contributed by atoms with Gasteiger partial charge >= 0.3 is 0 Å². The summed E-state index contributed by atoms with van der Waals surface area (Å²) in [5.74, 6) is 2.27. The van der Waals surface area contributed by atoms with Crippen molar-refractivity contribution in [2.45, 2.75) is 6.92 Å². The van der Waals surface area contributed by atoms with Gasteiger partial charge in [-0.1, -0.05) is 18.2 Å². The summed E-state index contributed by atoms with van der Waals surface area (Å²) in [6.45, 7) is 3.01. The van der Waals surface area contributed by atoms with Crippen LogP contribution in [0.5, 0.6) is 23.0 Å². The second-order valence-corrected chi connectivity index (χ2v) is 8.11. The van der Waals surface area contributed by atoms with Crippen LogP contribution in [0.3, 0.4) is 0 Å². The number of carbonyl (C=O) groups is 1. The third kappa shape index (κ3) is 5.49. The highest BCUT2D eigenvalue weighted by Gasteiger charge is 2.14. The number of aromatic amines is 1. The quantitative estimate of drug-likeness (QED) is 0.336. The number of nitriles is 1. The zero-order valence-electron chi connectivity index (χ0n) is 20.1. The molecule has 0 unspecified atom stereocenters. The third-order valence-electron chi connectivity index (χ3n) is 5.53. The number of nitrogens with one attached hydrogen (secondary N) is 2. The molecular formula is C28H24N4O5. The van der Waals surface area contributed by atoms with E-state index >= 15 is 0 Å². The van der Waals surface area contributed by atoms with Gasteiger partial charge in [-0.2, -0.15) is 5.26 Å². The molecule has 0 bridgehead atoms. The van der Waals surface area contributed by atoms with Crippen LogP contribution >= 0.6 is 0 Å². The summed E-state index contributed by atoms with van der Waals surface area (Å²) in [4.78, 5) is 20.2. The maximum atomic E-state index is 12.5. The lowest BCUT2D eigenvalue weighted by Crippen LogP contribution is -2.21. The topological polar surface area (TPSA) is 118 Å². The number of ether oxygens (including phenoxy) is 4. The standard InChI is InChI=1S/C28H24N4O5/c1-2-34-25-14-18(13-19(16-29)28-31-21-5-3-4-6-22(21)32-28)7-9-24(25)37-17-27(33)30-20-8-10-23-26(15-20)36-12-11-35-23/h3-10,13-15H,2,11-12,17H2,1H3,(H,30,33)(H,31,32)/b19-13+. The number of benzene rings is 3. The molecule has 0 aliphatic carbocycles. The predicted molar refractivity (Wildman–Crippen MR) is 139 cm³/mol. The van der Waals surface area contributed by atoms with Crippen molar-refractivity contribution in [1.82, 2.24) is 9.97 Å². The fraction of sp³-hybridized carbons (Fsp3) is 0.179. The minimum absolute atomic E-state index is 0.216. The van der Waals surface area contributed by atoms with Crippen LogP contribution in [-0.2, 0) is 4.79 Å². The van der Waals surface area contributed by atoms with E-state index in [1.807, 2.05) is 31.2 Å². The lowest BCUT2D eigenvalue weighted by molar-refractivity contribution is -0.118. The van der Waals surface area contributed by atoms with Crippen molar-refractivity contribution >= 4 is 34.3 Å². The van der Waals surface area contributed by atoms with Crippen molar-refractivity contribution < 1.29 is 23.7 Å². The van der Waals surface area contributed by atoms with E-state index in [2.05, 4.69) is 21.4 Å². The maximum Gasteiger partial charge on any atom is 0.262 e. The number of hydrogen-bond acceptors (Lipinski definition) is 7. The Labute approximate surface area is 213 Å². The van der Waals surface area contributed by atoms with Crippen molar-refractivity contribution in [2.24, 2.45) is 0 Å². The predicted octanol–water partition coefficient (Wildman–Crippen LogP) is 4.81. The fourth-order valence-corrected chi connectivity index (χ4v) is 3.86. The van der Waals surface area contributed by atoms with Gasteiger partial charge in [0.25, 0.3) is 5.91 Å². The molecule has 2 heterocycles. The highest BCUT2D eigenvalue weighted by atomic mass is 16.6. The number of allylic oxidation sites excluding steroid dienone is 1. The summed E-state index contributed by atoms with van der Waals surface area (Å²) in [5.41, 5.74) is 3.33. The average Bonchev–Trinajstić information content (AvgIpc) is 3.35. The Bertz CT molecular complexity index is 1490. The molecule has 5 rings (SSSR count). The summed E-state index contributed by atoms with van der Waals surface area (Å²) >= 11 is 0. The summed E-state index contributed by atoms with van der Waals surface area (Å²) in [6.07, 6.45) is 1.72. The molecule has 0 spiro atoms. The minimum Gasteiger partial charge on any atom is -0.490 e. The van der Waals surface area contributed by atoms with E-state index in [0.29, 0.717) is 59.9 Å². The van der Waals surface area contributed by atoms with Gasteiger partial charge in [-0.15, -0.1) is 0 Å². The average molecular weight is 497 g/mol. The van der Waals surface area contributed by atoms with Gasteiger partial charge in [-0.25, -0.2) is 4.98 Å². The fourth-order valence-electron chi connectivity index (χ4n) is 3.86. The number of anilines is 1. The number of para-hydroxylation sites is 2. The van der Waals surface area contributed by atoms with Crippen molar-refractivity contribution in [1.29, 1.82) is 5.26 Å². The van der Waals surface area contributed by atoms with Gasteiger partial charge in [-0.3, -0.25) is 4.79 Å². The van der Waals surface area contributed by atoms with Crippen LogP contribution in [0.4, 0.5) is 5.69 Å². The SMILES string of the molecule is CCOc1cc(/C=C(\C#N)c2nc3ccccc3[nH]2)ccc1OCC(=O)Nc1ccc2c(c1)OCCO2. The van der Waals surface area contributed by atoms with E-state index in [4.69, 9.17) is 18.9 Å². The minimum atomic E-state index is -0.334. The van der Waals surface area contributed by atoms with Gasteiger partial charge in [0.2, 0.25) is 0 Å². The molecule has 4 aromatic rings. The Balaban J connectivity index is 1.29. The largest absolute Gasteiger partial charge is 0.490 e. The van der Waals surface area contributed by atoms with Crippen LogP contribution < -0.4 is 24.3 Å². The Hall–Kier alpha value is -4.97. The van der Waals surface area contributed by atoms with E-state index in [-0.39, 0.29) is 12.5 Å². The van der Waals surface area contributed by atoms with Crippen LogP contribution in [0.1, 0.15) is 18.3 Å². The van der Waals surface area contributed by atoms with Crippen LogP contribution in [-0.4, -0.2) is 42.3 Å². The number of aromatic nitrogens is 2. The molecule has 0 radical (unpaired) electrons. The molecule has 0 fully saturated rings. The molecule has 1 aromatic heterocycles. The number of hydrogen-bond donors (Lipinski definition) is 2. The molecule has 186 valence electrons. The van der Waals surface area contributed by atoms with Crippen LogP contribution in [0.2, 0.25) is 0 Å². The first-order valence-electron chi connectivity index (χ1n) is 11.8. The van der Waals surface area contributed by atoms with Crippen molar-refractivity contribution in [3.63, 3.8) is 0 Å². The molecule has 1 aliphatic heterocycles. The number of nitrogens with zero attached hydrogens (tertiary/aromatic N) is 2. The molecule has 9 nitrogen and oxygen atoms in total. The van der Waals surface area contributed by atoms with Crippen molar-refractivity contribution in [3.05, 3.63) is 72.1 Å². The number of fused-ring (bicyclic) bond motifs is 2. The lowest BCUT2D eigenvalue weighted by atomic mass is 10.1. The Morgan fingerprint density at radius 1 is 1.08 bits per heavy atom. The maximum absolute atomic E-state index is 12.5. The molecule has 9 heteroatoms. The van der Waals surface area contributed by atoms with Gasteiger partial charge in [0.05, 0.1) is 23.2 Å². The van der Waals surface area contributed by atoms with E-state index in [0.717, 1.165) is 16.6 Å². The number of amides is 1. The molecule has 0 saturated carbocycles. The number of carbonyl (C=O) groups excluding carboxylic acids is 1. The molecule has 37 heavy (non-hydrogen) atoms. The molecule has 1 aliphatic rings. The Kier molecular flexibility index (Phi) is 6.90. The first-order chi connectivity index (χ1) is 18.1. The lowest BCUT2D eigenvalue weighted by Gasteiger charge is -2.19. The van der Waals surface area contributed by atoms with E-state index in [1.165, 1.54) is 0 Å². The molecule has 3 aromatic carbocycles. The van der Waals surface area contributed by atoms with Gasteiger partial charge in [-0.05, 0) is 55.0 Å². The summed E-state index contributed by atoms with van der Waals surface area (Å²) in [6, 6.07) is 20.3. The van der Waals surface area contributed by atoms with Gasteiger partial charge in [0, 0.05) is 11.8 Å². The third-order valence-corrected chi connectivity index (χ3v) is 5.53. The van der Waals surface area contributed by atoms with Crippen LogP contribution in [0, 0.1) is 11.3 Å². The molecule has 2 N–H and O–H groups in total. The smallest absolute Gasteiger partial charge is 0.262 e. The van der Waals surface area contributed by atoms with Crippen molar-refractivity contribution in [3.8, 4) is 29.1 Å². The van der Waals surface area contributed by atoms with Crippen LogP contribution in [0.15, 0.2) is 60.7 Å². The highest BCUT2D eigenvalue weighted by molar-refractivity contribution is 5.92. The van der Waals surface area contributed by atoms with E-state index < -0.39 is 0 Å². The van der Waals surface area contributed by atoms with E-state index in [1.54, 1.807) is 42.5 Å². The number of H-pyrrole nitrogens is 1. The van der Waals surface area contributed by atoms with Crippen LogP contribution in [0.25, 0.3) is 22.7 Å². The van der Waals surface area contributed by atoms with Gasteiger partial charge in [0.1, 0.15) is 25.1 Å². The normalized spacial score (nSPS) is 12.6. The summed E-state index contributed by atoms with van der Waals surface area (Å²) in [7, 11) is 0. The zero-order valence-corrected chi connectivity index (χ0v) is 20.1. The summed E-state index contributed by atoms with van der Waals surface area (Å²) in [5, 5.41) is 12.5. The number of rotatable bonds is 8. The molecular weight excluding hydrogens is 472 g/mol. The van der Waals surface area contributed by atoms with Crippen molar-refractivity contribution in [2.75, 3.05) is 31.7 Å². The Morgan fingerprint density at radius 2 is 1.92 bits per heavy atom. The van der Waals surface area contributed by atoms with E-state index in [9.17, 15) is 10.1 Å². The summed E-state index contributed by atoms with van der Waals surface area (Å²) < 4.78 is 22.5. The molecule has 1 amide bonds. The molecule has 0 saturated heterocycles. The van der Waals surface area contributed by atoms with Gasteiger partial charge in [0.15, 0.2) is 29.6 Å². The monoisotopic (exact) mass is 496 g/mol. The second-order valence-electron chi connectivity index (χ2n) is 8.11. The Morgan fingerprint density at radius 3 is 2.73 bits per heavy atom. The zero-order chi connectivity index (χ0) is 25.6.